The molecular formula is C15H17N5O. The molecule has 0 atom stereocenters. The van der Waals surface area contributed by atoms with Gasteiger partial charge in [-0.25, -0.2) is 9.97 Å². The number of rotatable bonds is 5. The van der Waals surface area contributed by atoms with Crippen molar-refractivity contribution in [2.45, 2.75) is 13.3 Å². The van der Waals surface area contributed by atoms with Crippen molar-refractivity contribution in [1.82, 2.24) is 19.7 Å². The van der Waals surface area contributed by atoms with Crippen LogP contribution in [0.1, 0.15) is 13.3 Å². The molecule has 0 aliphatic rings. The van der Waals surface area contributed by atoms with E-state index in [0.29, 0.717) is 6.61 Å². The summed E-state index contributed by atoms with van der Waals surface area (Å²) in [7, 11) is 1.86. The van der Waals surface area contributed by atoms with Gasteiger partial charge in [0.2, 0.25) is 0 Å². The van der Waals surface area contributed by atoms with Gasteiger partial charge in [-0.3, -0.25) is 4.68 Å². The largest absolute Gasteiger partial charge is 0.491 e. The molecule has 6 nitrogen and oxygen atoms in total. The summed E-state index contributed by atoms with van der Waals surface area (Å²) in [6.45, 7) is 2.77. The zero-order valence-electron chi connectivity index (χ0n) is 12.1. The lowest BCUT2D eigenvalue weighted by Gasteiger charge is -2.12. The topological polar surface area (TPSA) is 64.9 Å². The van der Waals surface area contributed by atoms with Gasteiger partial charge < -0.3 is 10.1 Å². The summed E-state index contributed by atoms with van der Waals surface area (Å²) in [6.07, 6.45) is 4.25. The third-order valence-corrected chi connectivity index (χ3v) is 3.13. The van der Waals surface area contributed by atoms with E-state index in [0.717, 1.165) is 34.7 Å². The molecule has 1 aromatic carbocycles. The van der Waals surface area contributed by atoms with E-state index in [9.17, 15) is 0 Å². The lowest BCUT2D eigenvalue weighted by atomic mass is 10.3. The molecule has 0 saturated carbocycles. The molecule has 1 N–H and O–H groups in total. The van der Waals surface area contributed by atoms with E-state index in [1.165, 1.54) is 6.33 Å². The maximum atomic E-state index is 5.75. The van der Waals surface area contributed by atoms with Gasteiger partial charge in [0, 0.05) is 7.05 Å². The van der Waals surface area contributed by atoms with Crippen molar-refractivity contribution in [2.24, 2.45) is 7.05 Å². The first kappa shape index (κ1) is 13.4. The zero-order chi connectivity index (χ0) is 14.7. The third kappa shape index (κ3) is 2.65. The van der Waals surface area contributed by atoms with Crippen molar-refractivity contribution in [2.75, 3.05) is 11.9 Å². The zero-order valence-corrected chi connectivity index (χ0v) is 12.1. The van der Waals surface area contributed by atoms with Gasteiger partial charge in [0.25, 0.3) is 0 Å². The molecule has 0 aliphatic heterocycles. The molecular weight excluding hydrogens is 266 g/mol. The van der Waals surface area contributed by atoms with E-state index in [1.54, 1.807) is 10.9 Å². The highest BCUT2D eigenvalue weighted by atomic mass is 16.5. The van der Waals surface area contributed by atoms with Crippen LogP contribution in [0.4, 0.5) is 11.5 Å². The SMILES string of the molecule is CCCOc1ccccc1Nc1ncnc2c1cnn2C. The van der Waals surface area contributed by atoms with Crippen molar-refractivity contribution in [3.63, 3.8) is 0 Å². The molecule has 0 bridgehead atoms. The summed E-state index contributed by atoms with van der Waals surface area (Å²) >= 11 is 0. The van der Waals surface area contributed by atoms with E-state index in [2.05, 4.69) is 27.3 Å². The number of aryl methyl sites for hydroxylation is 1. The first-order chi connectivity index (χ1) is 10.3. The van der Waals surface area contributed by atoms with E-state index < -0.39 is 0 Å². The van der Waals surface area contributed by atoms with E-state index >= 15 is 0 Å². The Morgan fingerprint density at radius 2 is 2.10 bits per heavy atom. The Balaban J connectivity index is 1.95. The number of ether oxygens (including phenoxy) is 1. The standard InChI is InChI=1S/C15H17N5O/c1-3-8-21-13-7-5-4-6-12(13)19-14-11-9-18-20(2)15(11)17-10-16-14/h4-7,9-10H,3,8H2,1-2H3,(H,16,17,19). The number of para-hydroxylation sites is 2. The predicted molar refractivity (Wildman–Crippen MR) is 81.8 cm³/mol. The fourth-order valence-corrected chi connectivity index (χ4v) is 2.10. The Kier molecular flexibility index (Phi) is 3.68. The van der Waals surface area contributed by atoms with Gasteiger partial charge in [-0.2, -0.15) is 5.10 Å². The lowest BCUT2D eigenvalue weighted by molar-refractivity contribution is 0.319. The molecule has 3 aromatic rings. The summed E-state index contributed by atoms with van der Waals surface area (Å²) in [5.74, 6) is 1.54. The van der Waals surface area contributed by atoms with Crippen molar-refractivity contribution < 1.29 is 4.74 Å². The van der Waals surface area contributed by atoms with Gasteiger partial charge in [0.05, 0.1) is 23.9 Å². The predicted octanol–water partition coefficient (Wildman–Crippen LogP) is 2.90. The molecule has 2 heterocycles. The van der Waals surface area contributed by atoms with Crippen LogP contribution in [0.2, 0.25) is 0 Å². The highest BCUT2D eigenvalue weighted by Crippen LogP contribution is 2.29. The Morgan fingerprint density at radius 3 is 2.95 bits per heavy atom. The molecule has 0 radical (unpaired) electrons. The van der Waals surface area contributed by atoms with Crippen LogP contribution in [0.3, 0.4) is 0 Å². The number of nitrogens with one attached hydrogen (secondary N) is 1. The minimum atomic E-state index is 0.685. The summed E-state index contributed by atoms with van der Waals surface area (Å²) in [5.41, 5.74) is 1.68. The summed E-state index contributed by atoms with van der Waals surface area (Å²) < 4.78 is 7.47. The molecule has 21 heavy (non-hydrogen) atoms. The summed E-state index contributed by atoms with van der Waals surface area (Å²) in [4.78, 5) is 8.54. The highest BCUT2D eigenvalue weighted by molar-refractivity contribution is 5.88. The normalized spacial score (nSPS) is 10.8. The van der Waals surface area contributed by atoms with Crippen molar-refractivity contribution in [3.05, 3.63) is 36.8 Å². The Morgan fingerprint density at radius 1 is 1.24 bits per heavy atom. The minimum absolute atomic E-state index is 0.685. The first-order valence-corrected chi connectivity index (χ1v) is 6.91. The quantitative estimate of drug-likeness (QED) is 0.780. The highest BCUT2D eigenvalue weighted by Gasteiger charge is 2.10. The van der Waals surface area contributed by atoms with Crippen LogP contribution in [0, 0.1) is 0 Å². The van der Waals surface area contributed by atoms with Gasteiger partial charge in [-0.15, -0.1) is 0 Å². The van der Waals surface area contributed by atoms with Crippen LogP contribution < -0.4 is 10.1 Å². The molecule has 108 valence electrons. The smallest absolute Gasteiger partial charge is 0.163 e. The van der Waals surface area contributed by atoms with E-state index in [-0.39, 0.29) is 0 Å². The Bertz CT molecular complexity index is 753. The Labute approximate surface area is 122 Å². The van der Waals surface area contributed by atoms with E-state index in [1.807, 2.05) is 31.3 Å². The van der Waals surface area contributed by atoms with Crippen LogP contribution >= 0.6 is 0 Å². The van der Waals surface area contributed by atoms with Crippen molar-refractivity contribution >= 4 is 22.5 Å². The Hall–Kier alpha value is -2.63. The maximum absolute atomic E-state index is 5.75. The van der Waals surface area contributed by atoms with Crippen LogP contribution in [-0.4, -0.2) is 26.4 Å². The minimum Gasteiger partial charge on any atom is -0.491 e. The van der Waals surface area contributed by atoms with Crippen LogP contribution in [0.15, 0.2) is 36.8 Å². The molecule has 3 rings (SSSR count). The maximum Gasteiger partial charge on any atom is 0.163 e. The molecule has 2 aromatic heterocycles. The number of anilines is 2. The second kappa shape index (κ2) is 5.78. The number of aromatic nitrogens is 4. The van der Waals surface area contributed by atoms with Crippen molar-refractivity contribution in [1.29, 1.82) is 0 Å². The van der Waals surface area contributed by atoms with Crippen LogP contribution in [0.25, 0.3) is 11.0 Å². The number of hydrogen-bond donors (Lipinski definition) is 1. The van der Waals surface area contributed by atoms with Gasteiger partial charge in [0.15, 0.2) is 5.65 Å². The number of nitrogens with zero attached hydrogens (tertiary/aromatic N) is 4. The third-order valence-electron chi connectivity index (χ3n) is 3.13. The average Bonchev–Trinajstić information content (AvgIpc) is 2.89. The molecule has 0 spiro atoms. The monoisotopic (exact) mass is 283 g/mol. The lowest BCUT2D eigenvalue weighted by Crippen LogP contribution is -2.01. The fraction of sp³-hybridized carbons (Fsp3) is 0.267. The number of hydrogen-bond acceptors (Lipinski definition) is 5. The van der Waals surface area contributed by atoms with Gasteiger partial charge in [0.1, 0.15) is 17.9 Å². The molecule has 0 amide bonds. The fourth-order valence-electron chi connectivity index (χ4n) is 2.10. The average molecular weight is 283 g/mol. The first-order valence-electron chi connectivity index (χ1n) is 6.91. The van der Waals surface area contributed by atoms with Gasteiger partial charge in [-0.1, -0.05) is 19.1 Å². The van der Waals surface area contributed by atoms with Crippen molar-refractivity contribution in [3.8, 4) is 5.75 Å². The second-order valence-electron chi connectivity index (χ2n) is 4.70. The van der Waals surface area contributed by atoms with Gasteiger partial charge in [-0.05, 0) is 18.6 Å². The molecule has 0 fully saturated rings. The second-order valence-corrected chi connectivity index (χ2v) is 4.70. The van der Waals surface area contributed by atoms with Crippen LogP contribution in [0.5, 0.6) is 5.75 Å². The summed E-state index contributed by atoms with van der Waals surface area (Å²) in [5, 5.41) is 8.40. The molecule has 0 aliphatic carbocycles. The number of fused-ring (bicyclic) bond motifs is 1. The molecule has 0 unspecified atom stereocenters. The van der Waals surface area contributed by atoms with Gasteiger partial charge >= 0.3 is 0 Å². The van der Waals surface area contributed by atoms with E-state index in [4.69, 9.17) is 4.74 Å². The molecule has 6 heteroatoms. The van der Waals surface area contributed by atoms with Crippen LogP contribution in [-0.2, 0) is 7.05 Å². The molecule has 0 saturated heterocycles. The number of benzene rings is 1. The summed E-state index contributed by atoms with van der Waals surface area (Å²) in [6, 6.07) is 7.83.